The Hall–Kier alpha value is 0.370. The second-order valence-corrected chi connectivity index (χ2v) is 8.42. The van der Waals surface area contributed by atoms with E-state index in [2.05, 4.69) is 13.8 Å². The summed E-state index contributed by atoms with van der Waals surface area (Å²) in [4.78, 5) is 11.5. The van der Waals surface area contributed by atoms with Gasteiger partial charge in [0.1, 0.15) is 0 Å². The van der Waals surface area contributed by atoms with E-state index < -0.39 is 0 Å². The summed E-state index contributed by atoms with van der Waals surface area (Å²) < 4.78 is 0. The summed E-state index contributed by atoms with van der Waals surface area (Å²) in [6, 6.07) is 0. The topological polar surface area (TPSA) is 17.1 Å². The van der Waals surface area contributed by atoms with Crippen LogP contribution in [0.1, 0.15) is 97.3 Å². The van der Waals surface area contributed by atoms with Crippen LogP contribution >= 0.6 is 23.5 Å². The highest BCUT2D eigenvalue weighted by Crippen LogP contribution is 2.14. The van der Waals surface area contributed by atoms with Crippen molar-refractivity contribution in [1.29, 1.82) is 0 Å². The SMILES string of the molecule is CCCCCCCCCCCCCCSCC(=O)SCCC. The van der Waals surface area contributed by atoms with Gasteiger partial charge in [0, 0.05) is 5.75 Å². The van der Waals surface area contributed by atoms with E-state index >= 15 is 0 Å². The zero-order chi connectivity index (χ0) is 16.3. The van der Waals surface area contributed by atoms with Gasteiger partial charge in [-0.1, -0.05) is 96.2 Å². The van der Waals surface area contributed by atoms with Crippen molar-refractivity contribution in [3.8, 4) is 0 Å². The average Bonchev–Trinajstić information content (AvgIpc) is 2.53. The highest BCUT2D eigenvalue weighted by atomic mass is 32.2. The van der Waals surface area contributed by atoms with Crippen molar-refractivity contribution >= 4 is 28.6 Å². The summed E-state index contributed by atoms with van der Waals surface area (Å²) in [6.45, 7) is 4.40. The highest BCUT2D eigenvalue weighted by Gasteiger charge is 2.01. The molecule has 0 amide bonds. The van der Waals surface area contributed by atoms with E-state index in [1.165, 1.54) is 88.8 Å². The second kappa shape index (κ2) is 19.4. The molecule has 0 aliphatic rings. The van der Waals surface area contributed by atoms with Crippen molar-refractivity contribution in [2.75, 3.05) is 17.3 Å². The summed E-state index contributed by atoms with van der Waals surface area (Å²) in [5.41, 5.74) is 0. The molecule has 0 bridgehead atoms. The fraction of sp³-hybridized carbons (Fsp3) is 0.947. The van der Waals surface area contributed by atoms with Crippen molar-refractivity contribution in [1.82, 2.24) is 0 Å². The molecular formula is C19H38OS2. The van der Waals surface area contributed by atoms with E-state index in [4.69, 9.17) is 0 Å². The third-order valence-corrected chi connectivity index (χ3v) is 6.13. The fourth-order valence-electron chi connectivity index (χ4n) is 2.46. The summed E-state index contributed by atoms with van der Waals surface area (Å²) in [5, 5.41) is 0.366. The van der Waals surface area contributed by atoms with Crippen LogP contribution < -0.4 is 0 Å². The lowest BCUT2D eigenvalue weighted by molar-refractivity contribution is -0.108. The molecule has 0 heterocycles. The molecule has 0 aromatic heterocycles. The molecule has 132 valence electrons. The second-order valence-electron chi connectivity index (χ2n) is 6.16. The van der Waals surface area contributed by atoms with Crippen molar-refractivity contribution in [2.45, 2.75) is 97.3 Å². The summed E-state index contributed by atoms with van der Waals surface area (Å²) >= 11 is 3.32. The predicted octanol–water partition coefficient (Wildman–Crippen LogP) is 7.09. The first-order chi connectivity index (χ1) is 10.8. The van der Waals surface area contributed by atoms with Crippen LogP contribution in [0.15, 0.2) is 0 Å². The molecule has 0 aliphatic heterocycles. The molecule has 0 saturated carbocycles. The fourth-order valence-corrected chi connectivity index (χ4v) is 4.19. The number of unbranched alkanes of at least 4 members (excludes halogenated alkanes) is 11. The largest absolute Gasteiger partial charge is 0.286 e. The lowest BCUT2D eigenvalue weighted by atomic mass is 10.1. The van der Waals surface area contributed by atoms with E-state index in [-0.39, 0.29) is 0 Å². The first-order valence-electron chi connectivity index (χ1n) is 9.54. The number of hydrogen-bond donors (Lipinski definition) is 0. The van der Waals surface area contributed by atoms with E-state index in [9.17, 15) is 4.79 Å². The predicted molar refractivity (Wildman–Crippen MR) is 106 cm³/mol. The molecule has 3 heteroatoms. The van der Waals surface area contributed by atoms with Crippen molar-refractivity contribution in [3.63, 3.8) is 0 Å². The molecule has 0 radical (unpaired) electrons. The Kier molecular flexibility index (Phi) is 19.7. The molecule has 0 rings (SSSR count). The maximum absolute atomic E-state index is 11.5. The summed E-state index contributed by atoms with van der Waals surface area (Å²) in [6.07, 6.45) is 17.9. The molecule has 0 N–H and O–H groups in total. The molecule has 22 heavy (non-hydrogen) atoms. The molecule has 0 spiro atoms. The van der Waals surface area contributed by atoms with E-state index in [1.54, 1.807) is 0 Å². The van der Waals surface area contributed by atoms with Crippen LogP contribution in [-0.2, 0) is 4.79 Å². The standard InChI is InChI=1S/C19H38OS2/c1-3-5-6-7-8-9-10-11-12-13-14-15-17-21-18-19(20)22-16-4-2/h3-18H2,1-2H3. The Balaban J connectivity index is 3.04. The van der Waals surface area contributed by atoms with Crippen LogP contribution in [0.3, 0.4) is 0 Å². The first kappa shape index (κ1) is 22.4. The van der Waals surface area contributed by atoms with Crippen molar-refractivity contribution in [3.05, 3.63) is 0 Å². The number of hydrogen-bond acceptors (Lipinski definition) is 3. The van der Waals surface area contributed by atoms with Crippen LogP contribution in [0.4, 0.5) is 0 Å². The van der Waals surface area contributed by atoms with Gasteiger partial charge in [0.2, 0.25) is 0 Å². The normalized spacial score (nSPS) is 11.0. The Morgan fingerprint density at radius 3 is 1.64 bits per heavy atom. The van der Waals surface area contributed by atoms with Gasteiger partial charge >= 0.3 is 0 Å². The van der Waals surface area contributed by atoms with Gasteiger partial charge in [-0.25, -0.2) is 0 Å². The van der Waals surface area contributed by atoms with Gasteiger partial charge in [-0.3, -0.25) is 4.79 Å². The van der Waals surface area contributed by atoms with Gasteiger partial charge in [-0.2, -0.15) is 11.8 Å². The van der Waals surface area contributed by atoms with Gasteiger partial charge in [-0.15, -0.1) is 0 Å². The maximum Gasteiger partial charge on any atom is 0.198 e. The van der Waals surface area contributed by atoms with Crippen LogP contribution in [0.5, 0.6) is 0 Å². The molecule has 0 saturated heterocycles. The van der Waals surface area contributed by atoms with Crippen LogP contribution in [0, 0.1) is 0 Å². The average molecular weight is 347 g/mol. The third kappa shape index (κ3) is 18.4. The van der Waals surface area contributed by atoms with Gasteiger partial charge in [-0.05, 0) is 18.6 Å². The number of carbonyl (C=O) groups excluding carboxylic acids is 1. The maximum atomic E-state index is 11.5. The minimum atomic E-state index is 0.366. The number of carbonyl (C=O) groups is 1. The van der Waals surface area contributed by atoms with Crippen LogP contribution in [0.2, 0.25) is 0 Å². The van der Waals surface area contributed by atoms with Gasteiger partial charge in [0.15, 0.2) is 5.12 Å². The van der Waals surface area contributed by atoms with Crippen molar-refractivity contribution in [2.24, 2.45) is 0 Å². The zero-order valence-electron chi connectivity index (χ0n) is 15.0. The van der Waals surface area contributed by atoms with Gasteiger partial charge < -0.3 is 0 Å². The lowest BCUT2D eigenvalue weighted by Crippen LogP contribution is -1.97. The molecule has 0 aliphatic carbocycles. The molecule has 0 unspecified atom stereocenters. The minimum absolute atomic E-state index is 0.366. The summed E-state index contributed by atoms with van der Waals surface area (Å²) in [7, 11) is 0. The summed E-state index contributed by atoms with van der Waals surface area (Å²) in [5.74, 6) is 2.86. The highest BCUT2D eigenvalue weighted by molar-refractivity contribution is 8.15. The van der Waals surface area contributed by atoms with Gasteiger partial charge in [0.25, 0.3) is 0 Å². The Labute approximate surface area is 148 Å². The number of thioether (sulfide) groups is 2. The zero-order valence-corrected chi connectivity index (χ0v) is 16.7. The quantitative estimate of drug-likeness (QED) is 0.262. The lowest BCUT2D eigenvalue weighted by Gasteiger charge is -2.03. The van der Waals surface area contributed by atoms with E-state index in [0.717, 1.165) is 17.9 Å². The van der Waals surface area contributed by atoms with Gasteiger partial charge in [0.05, 0.1) is 5.75 Å². The van der Waals surface area contributed by atoms with Crippen LogP contribution in [-0.4, -0.2) is 22.4 Å². The minimum Gasteiger partial charge on any atom is -0.286 e. The monoisotopic (exact) mass is 346 g/mol. The van der Waals surface area contributed by atoms with Crippen LogP contribution in [0.25, 0.3) is 0 Å². The van der Waals surface area contributed by atoms with E-state index in [1.807, 2.05) is 11.8 Å². The Morgan fingerprint density at radius 1 is 0.636 bits per heavy atom. The molecule has 0 atom stereocenters. The smallest absolute Gasteiger partial charge is 0.198 e. The molecule has 1 nitrogen and oxygen atoms in total. The molecule has 0 aromatic rings. The van der Waals surface area contributed by atoms with E-state index in [0.29, 0.717) is 10.9 Å². The third-order valence-electron chi connectivity index (χ3n) is 3.83. The first-order valence-corrected chi connectivity index (χ1v) is 11.7. The Bertz CT molecular complexity index is 231. The molecule has 0 fully saturated rings. The van der Waals surface area contributed by atoms with Crippen molar-refractivity contribution < 1.29 is 4.79 Å². The molecular weight excluding hydrogens is 308 g/mol. The Morgan fingerprint density at radius 2 is 1.14 bits per heavy atom. The number of rotatable bonds is 17. The molecule has 0 aromatic carbocycles.